The number of aromatic nitrogens is 1. The third-order valence-electron chi connectivity index (χ3n) is 1.62. The topological polar surface area (TPSA) is 45.9 Å². The summed E-state index contributed by atoms with van der Waals surface area (Å²) in [5.41, 5.74) is 2.10. The number of methoxy groups -OCH3 is 1. The van der Waals surface area contributed by atoms with E-state index in [1.165, 1.54) is 0 Å². The molecule has 0 N–H and O–H groups in total. The van der Waals surface area contributed by atoms with Crippen LogP contribution in [0.15, 0.2) is 6.07 Å². The molecule has 1 heterocycles. The smallest absolute Gasteiger partial charge is 0.140 e. The molecule has 3 nitrogen and oxygen atoms in total. The van der Waals surface area contributed by atoms with E-state index in [9.17, 15) is 0 Å². The van der Waals surface area contributed by atoms with Crippen LogP contribution in [-0.2, 0) is 0 Å². The normalized spacial score (nSPS) is 9.17. The van der Waals surface area contributed by atoms with Crippen molar-refractivity contribution in [3.05, 3.63) is 23.0 Å². The van der Waals surface area contributed by atoms with E-state index in [2.05, 4.69) is 11.1 Å². The van der Waals surface area contributed by atoms with Crippen LogP contribution in [0.1, 0.15) is 17.0 Å². The highest BCUT2D eigenvalue weighted by atomic mass is 16.5. The van der Waals surface area contributed by atoms with Gasteiger partial charge in [0.25, 0.3) is 0 Å². The maximum absolute atomic E-state index is 8.75. The molecule has 0 fully saturated rings. The monoisotopic (exact) mass is 162 g/mol. The third kappa shape index (κ3) is 1.37. The molecule has 0 saturated heterocycles. The van der Waals surface area contributed by atoms with Crippen LogP contribution in [0.4, 0.5) is 0 Å². The Morgan fingerprint density at radius 3 is 2.67 bits per heavy atom. The Hall–Kier alpha value is -1.56. The van der Waals surface area contributed by atoms with Gasteiger partial charge in [0, 0.05) is 11.8 Å². The van der Waals surface area contributed by atoms with E-state index in [4.69, 9.17) is 10.00 Å². The summed E-state index contributed by atoms with van der Waals surface area (Å²) in [6, 6.07) is 3.81. The van der Waals surface area contributed by atoms with E-state index in [1.807, 2.05) is 6.92 Å². The van der Waals surface area contributed by atoms with Crippen molar-refractivity contribution in [2.24, 2.45) is 0 Å². The van der Waals surface area contributed by atoms with Gasteiger partial charge in [-0.2, -0.15) is 5.26 Å². The molecule has 0 amide bonds. The van der Waals surface area contributed by atoms with E-state index in [1.54, 1.807) is 20.1 Å². The summed E-state index contributed by atoms with van der Waals surface area (Å²) in [6.45, 7) is 3.67. The number of pyridine rings is 1. The Morgan fingerprint density at radius 1 is 1.50 bits per heavy atom. The predicted octanol–water partition coefficient (Wildman–Crippen LogP) is 1.58. The molecule has 3 heteroatoms. The average Bonchev–Trinajstić information content (AvgIpc) is 2.03. The quantitative estimate of drug-likeness (QED) is 0.629. The highest BCUT2D eigenvalue weighted by Crippen LogP contribution is 2.20. The zero-order valence-electron chi connectivity index (χ0n) is 7.38. The van der Waals surface area contributed by atoms with Crippen molar-refractivity contribution in [1.82, 2.24) is 4.98 Å². The largest absolute Gasteiger partial charge is 0.495 e. The Kier molecular flexibility index (Phi) is 2.29. The van der Waals surface area contributed by atoms with Gasteiger partial charge in [-0.05, 0) is 13.8 Å². The predicted molar refractivity (Wildman–Crippen MR) is 45.0 cm³/mol. The number of aryl methyl sites for hydroxylation is 2. The summed E-state index contributed by atoms with van der Waals surface area (Å²) in [4.78, 5) is 4.15. The molecule has 1 aromatic heterocycles. The van der Waals surface area contributed by atoms with Crippen LogP contribution in [0.25, 0.3) is 0 Å². The zero-order chi connectivity index (χ0) is 9.14. The summed E-state index contributed by atoms with van der Waals surface area (Å²) in [5.74, 6) is 0.600. The van der Waals surface area contributed by atoms with E-state index >= 15 is 0 Å². The lowest BCUT2D eigenvalue weighted by Crippen LogP contribution is -1.95. The molecule has 1 rings (SSSR count). The van der Waals surface area contributed by atoms with Crippen molar-refractivity contribution in [2.75, 3.05) is 7.11 Å². The lowest BCUT2D eigenvalue weighted by Gasteiger charge is -2.05. The molecule has 0 aliphatic heterocycles. The number of hydrogen-bond donors (Lipinski definition) is 0. The first-order valence-corrected chi connectivity index (χ1v) is 3.61. The van der Waals surface area contributed by atoms with Gasteiger partial charge >= 0.3 is 0 Å². The first-order chi connectivity index (χ1) is 5.69. The van der Waals surface area contributed by atoms with Crippen LogP contribution in [0.2, 0.25) is 0 Å². The lowest BCUT2D eigenvalue weighted by molar-refractivity contribution is 0.412. The summed E-state index contributed by atoms with van der Waals surface area (Å²) >= 11 is 0. The number of nitriles is 1. The zero-order valence-corrected chi connectivity index (χ0v) is 7.38. The van der Waals surface area contributed by atoms with Gasteiger partial charge in [-0.25, -0.2) is 0 Å². The van der Waals surface area contributed by atoms with Crippen LogP contribution >= 0.6 is 0 Å². The van der Waals surface area contributed by atoms with Crippen LogP contribution in [-0.4, -0.2) is 12.1 Å². The molecule has 1 aromatic rings. The maximum atomic E-state index is 8.75. The van der Waals surface area contributed by atoms with Crippen LogP contribution in [0.5, 0.6) is 5.75 Å². The second kappa shape index (κ2) is 3.22. The van der Waals surface area contributed by atoms with E-state index in [-0.39, 0.29) is 0 Å². The van der Waals surface area contributed by atoms with Crippen molar-refractivity contribution in [3.8, 4) is 11.8 Å². The Balaban J connectivity index is 3.36. The number of rotatable bonds is 1. The van der Waals surface area contributed by atoms with Crippen molar-refractivity contribution in [3.63, 3.8) is 0 Å². The van der Waals surface area contributed by atoms with Gasteiger partial charge in [-0.15, -0.1) is 0 Å². The Labute approximate surface area is 71.6 Å². The van der Waals surface area contributed by atoms with Crippen molar-refractivity contribution < 1.29 is 4.74 Å². The minimum atomic E-state index is 0.517. The van der Waals surface area contributed by atoms with Gasteiger partial charge in [-0.1, -0.05) is 0 Å². The fourth-order valence-electron chi connectivity index (χ4n) is 1.09. The van der Waals surface area contributed by atoms with Gasteiger partial charge in [0.1, 0.15) is 17.4 Å². The fraction of sp³-hybridized carbons (Fsp3) is 0.333. The van der Waals surface area contributed by atoms with Crippen LogP contribution in [0.3, 0.4) is 0 Å². The van der Waals surface area contributed by atoms with Crippen molar-refractivity contribution in [1.29, 1.82) is 5.26 Å². The molecule has 0 atom stereocenters. The summed E-state index contributed by atoms with van der Waals surface area (Å²) < 4.78 is 5.04. The fourth-order valence-corrected chi connectivity index (χ4v) is 1.09. The summed E-state index contributed by atoms with van der Waals surface area (Å²) in [5, 5.41) is 8.75. The van der Waals surface area contributed by atoms with Crippen LogP contribution < -0.4 is 4.74 Å². The molecule has 62 valence electrons. The van der Waals surface area contributed by atoms with E-state index in [0.29, 0.717) is 17.0 Å². The highest BCUT2D eigenvalue weighted by molar-refractivity contribution is 5.46. The van der Waals surface area contributed by atoms with Gasteiger partial charge in [0.15, 0.2) is 0 Å². The van der Waals surface area contributed by atoms with Crippen molar-refractivity contribution in [2.45, 2.75) is 13.8 Å². The molecule has 0 bridgehead atoms. The third-order valence-corrected chi connectivity index (χ3v) is 1.62. The van der Waals surface area contributed by atoms with Gasteiger partial charge in [0.05, 0.1) is 12.8 Å². The molecule has 0 saturated carbocycles. The first kappa shape index (κ1) is 8.54. The van der Waals surface area contributed by atoms with E-state index in [0.717, 1.165) is 5.69 Å². The molecular formula is C9H10N2O. The van der Waals surface area contributed by atoms with Crippen molar-refractivity contribution >= 4 is 0 Å². The minimum Gasteiger partial charge on any atom is -0.495 e. The Bertz CT molecular complexity index is 339. The molecule has 0 aliphatic carbocycles. The molecule has 0 spiro atoms. The molecule has 12 heavy (non-hydrogen) atoms. The standard InChI is InChI=1S/C9H10N2O/c1-6-4-9(12-3)8(5-10)7(2)11-6/h4H,1-3H3. The summed E-state index contributed by atoms with van der Waals surface area (Å²) in [6.07, 6.45) is 0. The second-order valence-electron chi connectivity index (χ2n) is 2.54. The lowest BCUT2D eigenvalue weighted by atomic mass is 10.2. The van der Waals surface area contributed by atoms with E-state index < -0.39 is 0 Å². The van der Waals surface area contributed by atoms with Gasteiger partial charge in [0.2, 0.25) is 0 Å². The molecule has 0 radical (unpaired) electrons. The highest BCUT2D eigenvalue weighted by Gasteiger charge is 2.06. The summed E-state index contributed by atoms with van der Waals surface area (Å²) in [7, 11) is 1.55. The first-order valence-electron chi connectivity index (χ1n) is 3.61. The molecule has 0 aromatic carbocycles. The molecular weight excluding hydrogens is 152 g/mol. The number of nitrogens with zero attached hydrogens (tertiary/aromatic N) is 2. The second-order valence-corrected chi connectivity index (χ2v) is 2.54. The number of hydrogen-bond acceptors (Lipinski definition) is 3. The maximum Gasteiger partial charge on any atom is 0.140 e. The SMILES string of the molecule is COc1cc(C)nc(C)c1C#N. The molecule has 0 aliphatic rings. The number of ether oxygens (including phenoxy) is 1. The van der Waals surface area contributed by atoms with Gasteiger partial charge in [-0.3, -0.25) is 4.98 Å². The molecule has 0 unspecified atom stereocenters. The van der Waals surface area contributed by atoms with Crippen LogP contribution in [0, 0.1) is 25.2 Å². The minimum absolute atomic E-state index is 0.517. The van der Waals surface area contributed by atoms with Gasteiger partial charge < -0.3 is 4.74 Å². The average molecular weight is 162 g/mol. The Morgan fingerprint density at radius 2 is 2.17 bits per heavy atom.